The molecule has 0 saturated carbocycles. The predicted molar refractivity (Wildman–Crippen MR) is 259 cm³/mol. The molecule has 0 radical (unpaired) electrons. The van der Waals surface area contributed by atoms with E-state index in [4.69, 9.17) is 0 Å². The molecule has 5 aliphatic rings. The Labute approximate surface area is 371 Å². The van der Waals surface area contributed by atoms with Crippen LogP contribution in [0.1, 0.15) is 68.5 Å². The maximum Gasteiger partial charge on any atom is 0.0849 e. The molecule has 0 amide bonds. The second-order valence-corrected chi connectivity index (χ2v) is 21.7. The Morgan fingerprint density at radius 2 is 0.937 bits per heavy atom. The van der Waals surface area contributed by atoms with Crippen molar-refractivity contribution in [1.29, 1.82) is 0 Å². The Kier molecular flexibility index (Phi) is 7.63. The fourth-order valence-electron chi connectivity index (χ4n) is 12.1. The quantitative estimate of drug-likeness (QED) is 0.165. The first-order valence-electron chi connectivity index (χ1n) is 21.8. The van der Waals surface area contributed by atoms with Gasteiger partial charge in [-0.15, -0.1) is 0 Å². The lowest BCUT2D eigenvalue weighted by atomic mass is 9.68. The molecule has 8 aromatic carbocycles. The van der Waals surface area contributed by atoms with Crippen LogP contribution in [-0.4, -0.2) is 14.3 Å². The van der Waals surface area contributed by atoms with Crippen LogP contribution in [0.25, 0.3) is 39.0 Å². The van der Waals surface area contributed by atoms with Crippen LogP contribution in [0.3, 0.4) is 0 Å². The number of aryl methyl sites for hydroxylation is 2. The molecule has 4 heteroatoms. The SMILES string of the molecule is C=S(=O)(c1ccc(S(=O)c2ccc3c(c2)C2(c4ccccc4-c4ccccc42)c2ccccc2-3)cc1)c1ccc2c(c1)C1(C3=C2CCC=C3)c2cc(C)ccc2-c2ccc(C)cc21. The third-order valence-corrected chi connectivity index (χ3v) is 18.2. The number of rotatable bonds is 4. The van der Waals surface area contributed by atoms with Crippen molar-refractivity contribution in [2.24, 2.45) is 0 Å². The van der Waals surface area contributed by atoms with Crippen molar-refractivity contribution in [1.82, 2.24) is 0 Å². The van der Waals surface area contributed by atoms with Gasteiger partial charge in [0, 0.05) is 29.1 Å². The molecule has 63 heavy (non-hydrogen) atoms. The van der Waals surface area contributed by atoms with Gasteiger partial charge in [0.2, 0.25) is 0 Å². The highest BCUT2D eigenvalue weighted by atomic mass is 32.2. The Morgan fingerprint density at radius 1 is 0.476 bits per heavy atom. The first-order chi connectivity index (χ1) is 30.7. The first-order valence-corrected chi connectivity index (χ1v) is 24.7. The highest BCUT2D eigenvalue weighted by Crippen LogP contribution is 2.65. The molecule has 2 atom stereocenters. The third-order valence-electron chi connectivity index (χ3n) is 14.7. The molecule has 302 valence electrons. The summed E-state index contributed by atoms with van der Waals surface area (Å²) in [5.74, 6) is 4.45. The number of hydrogen-bond donors (Lipinski definition) is 0. The minimum Gasteiger partial charge on any atom is -0.258 e. The summed E-state index contributed by atoms with van der Waals surface area (Å²) < 4.78 is 29.9. The fraction of sp³-hybridized carbons (Fsp3) is 0.102. The van der Waals surface area contributed by atoms with Crippen LogP contribution in [0.2, 0.25) is 0 Å². The zero-order chi connectivity index (χ0) is 42.4. The van der Waals surface area contributed by atoms with Gasteiger partial charge in [0.25, 0.3) is 0 Å². The van der Waals surface area contributed by atoms with Gasteiger partial charge in [0.05, 0.1) is 21.6 Å². The van der Waals surface area contributed by atoms with Crippen LogP contribution in [0, 0.1) is 13.8 Å². The lowest BCUT2D eigenvalue weighted by molar-refractivity contribution is 0.679. The van der Waals surface area contributed by atoms with Gasteiger partial charge in [0.1, 0.15) is 0 Å². The molecule has 0 aromatic heterocycles. The lowest BCUT2D eigenvalue weighted by Crippen LogP contribution is -2.27. The molecule has 0 aliphatic heterocycles. The average molecular weight is 847 g/mol. The zero-order valence-corrected chi connectivity index (χ0v) is 36.7. The van der Waals surface area contributed by atoms with E-state index in [0.29, 0.717) is 14.7 Å². The van der Waals surface area contributed by atoms with Crippen LogP contribution < -0.4 is 0 Å². The summed E-state index contributed by atoms with van der Waals surface area (Å²) in [7, 11) is -4.46. The average Bonchev–Trinajstić information content (AvgIpc) is 3.99. The fourth-order valence-corrected chi connectivity index (χ4v) is 14.6. The van der Waals surface area contributed by atoms with Crippen molar-refractivity contribution in [3.05, 3.63) is 243 Å². The molecule has 0 saturated heterocycles. The molecule has 2 spiro atoms. The van der Waals surface area contributed by atoms with E-state index in [9.17, 15) is 4.21 Å². The normalized spacial score (nSPS) is 17.3. The maximum atomic E-state index is 15.2. The Bertz CT molecular complexity index is 3450. The van der Waals surface area contributed by atoms with Crippen molar-refractivity contribution < 1.29 is 8.42 Å². The molecule has 5 aliphatic carbocycles. The minimum absolute atomic E-state index is 0.505. The molecular weight excluding hydrogens is 805 g/mol. The van der Waals surface area contributed by atoms with Gasteiger partial charge in [-0.1, -0.05) is 145 Å². The van der Waals surface area contributed by atoms with Gasteiger partial charge in [-0.3, -0.25) is 4.21 Å². The molecule has 2 nitrogen and oxygen atoms in total. The molecule has 0 fully saturated rings. The molecular formula is C59H42O2S2. The Hall–Kier alpha value is -6.59. The number of hydrogen-bond acceptors (Lipinski definition) is 2. The van der Waals surface area contributed by atoms with Crippen LogP contribution in [-0.2, 0) is 31.2 Å². The minimum atomic E-state index is -2.96. The highest BCUT2D eigenvalue weighted by molar-refractivity contribution is 8.00. The van der Waals surface area contributed by atoms with E-state index in [1.807, 2.05) is 36.4 Å². The zero-order valence-electron chi connectivity index (χ0n) is 35.1. The van der Waals surface area contributed by atoms with Crippen molar-refractivity contribution in [3.63, 3.8) is 0 Å². The maximum absolute atomic E-state index is 15.2. The van der Waals surface area contributed by atoms with Crippen molar-refractivity contribution in [2.75, 3.05) is 0 Å². The van der Waals surface area contributed by atoms with Gasteiger partial charge in [0.15, 0.2) is 0 Å². The molecule has 8 aromatic rings. The smallest absolute Gasteiger partial charge is 0.0849 e. The summed E-state index contributed by atoms with van der Waals surface area (Å²) in [4.78, 5) is 2.72. The van der Waals surface area contributed by atoms with Crippen LogP contribution in [0.5, 0.6) is 0 Å². The summed E-state index contributed by atoms with van der Waals surface area (Å²) in [5.41, 5.74) is 21.5. The Balaban J connectivity index is 0.897. The van der Waals surface area contributed by atoms with E-state index < -0.39 is 31.2 Å². The summed E-state index contributed by atoms with van der Waals surface area (Å²) in [6.45, 7) is 4.35. The molecule has 13 rings (SSSR count). The summed E-state index contributed by atoms with van der Waals surface area (Å²) in [5, 5.41) is 0. The van der Waals surface area contributed by atoms with Gasteiger partial charge >= 0.3 is 0 Å². The van der Waals surface area contributed by atoms with E-state index in [1.165, 1.54) is 94.6 Å². The van der Waals surface area contributed by atoms with E-state index in [2.05, 4.69) is 165 Å². The van der Waals surface area contributed by atoms with E-state index >= 15 is 4.21 Å². The van der Waals surface area contributed by atoms with Gasteiger partial charge < -0.3 is 0 Å². The lowest BCUT2D eigenvalue weighted by Gasteiger charge is -2.33. The highest BCUT2D eigenvalue weighted by Gasteiger charge is 2.54. The van der Waals surface area contributed by atoms with Crippen LogP contribution >= 0.6 is 0 Å². The predicted octanol–water partition coefficient (Wildman–Crippen LogP) is 13.4. The van der Waals surface area contributed by atoms with E-state index in [-0.39, 0.29) is 0 Å². The van der Waals surface area contributed by atoms with Crippen molar-refractivity contribution in [2.45, 2.75) is 57.1 Å². The first kappa shape index (κ1) is 37.0. The third kappa shape index (κ3) is 4.70. The van der Waals surface area contributed by atoms with Gasteiger partial charge in [-0.05, 0) is 170 Å². The van der Waals surface area contributed by atoms with Crippen LogP contribution in [0.4, 0.5) is 0 Å². The summed E-state index contributed by atoms with van der Waals surface area (Å²) >= 11 is 0. The molecule has 2 unspecified atom stereocenters. The van der Waals surface area contributed by atoms with Crippen molar-refractivity contribution in [3.8, 4) is 33.4 Å². The Morgan fingerprint density at radius 3 is 1.52 bits per heavy atom. The number of fused-ring (bicyclic) bond motifs is 19. The summed E-state index contributed by atoms with van der Waals surface area (Å²) in [6.07, 6.45) is 6.64. The van der Waals surface area contributed by atoms with E-state index in [1.54, 1.807) is 0 Å². The van der Waals surface area contributed by atoms with Crippen molar-refractivity contribution >= 4 is 31.8 Å². The van der Waals surface area contributed by atoms with Gasteiger partial charge in [-0.25, -0.2) is 4.21 Å². The topological polar surface area (TPSA) is 34.1 Å². The number of allylic oxidation sites excluding steroid dienone is 4. The van der Waals surface area contributed by atoms with Crippen LogP contribution in [0.15, 0.2) is 207 Å². The largest absolute Gasteiger partial charge is 0.258 e. The second kappa shape index (κ2) is 13.0. The monoisotopic (exact) mass is 846 g/mol. The van der Waals surface area contributed by atoms with Gasteiger partial charge in [-0.2, -0.15) is 0 Å². The molecule has 0 heterocycles. The standard InChI is InChI=1S/C59H42O2S2/c1-36-20-28-46-47-29-21-37(2)33-55(47)59(54(46)32-36)53-19-11-7-15-45(53)49-31-27-41(35-57(49)59)63(3,61)40-25-22-38(23-26-40)62(60)39-24-30-48-44-14-6-10-18-52(44)58(56(48)34-39)50-16-8-4-12-42(50)43-13-5-9-17-51(43)58/h4-6,8-14,16-35H,3,7,15H2,1-2H3. The molecule has 0 N–H and O–H groups in total. The number of benzene rings is 8. The second-order valence-electron chi connectivity index (χ2n) is 17.9. The summed E-state index contributed by atoms with van der Waals surface area (Å²) in [6, 6.07) is 60.2. The van der Waals surface area contributed by atoms with E-state index in [0.717, 1.165) is 23.3 Å². The molecule has 0 bridgehead atoms.